The van der Waals surface area contributed by atoms with Gasteiger partial charge in [-0.25, -0.2) is 10.4 Å². The van der Waals surface area contributed by atoms with Crippen LogP contribution in [0.4, 0.5) is 11.4 Å². The van der Waals surface area contributed by atoms with Crippen LogP contribution in [0.2, 0.25) is 0 Å². The Labute approximate surface area is 109 Å². The highest BCUT2D eigenvalue weighted by molar-refractivity contribution is 6.00. The number of nitro groups is 1. The van der Waals surface area contributed by atoms with Crippen molar-refractivity contribution < 1.29 is 4.92 Å². The Morgan fingerprint density at radius 2 is 2.42 bits per heavy atom. The summed E-state index contributed by atoms with van der Waals surface area (Å²) in [6.45, 7) is 3.24. The summed E-state index contributed by atoms with van der Waals surface area (Å²) in [4.78, 5) is 14.4. The molecule has 8 nitrogen and oxygen atoms in total. The smallest absolute Gasteiger partial charge is 0.292 e. The summed E-state index contributed by atoms with van der Waals surface area (Å²) in [5.74, 6) is 0.601. The molecule has 1 aliphatic heterocycles. The largest absolute Gasteiger partial charge is 0.393 e. The van der Waals surface area contributed by atoms with Gasteiger partial charge in [0.25, 0.3) is 5.69 Å². The first-order valence-corrected chi connectivity index (χ1v) is 5.71. The summed E-state index contributed by atoms with van der Waals surface area (Å²) in [6.07, 6.45) is 0. The van der Waals surface area contributed by atoms with E-state index in [0.29, 0.717) is 23.8 Å². The van der Waals surface area contributed by atoms with E-state index in [-0.39, 0.29) is 11.4 Å². The third-order valence-corrected chi connectivity index (χ3v) is 2.65. The lowest BCUT2D eigenvalue weighted by Gasteiger charge is -2.04. The van der Waals surface area contributed by atoms with E-state index >= 15 is 0 Å². The van der Waals surface area contributed by atoms with Gasteiger partial charge in [-0.05, 0) is 13.0 Å². The lowest BCUT2D eigenvalue weighted by atomic mass is 10.1. The molecule has 0 amide bonds. The van der Waals surface area contributed by atoms with Gasteiger partial charge in [0, 0.05) is 18.2 Å². The molecule has 0 saturated heterocycles. The number of nitrogens with one attached hydrogen (secondary N) is 2. The van der Waals surface area contributed by atoms with Gasteiger partial charge in [-0.2, -0.15) is 5.10 Å². The zero-order valence-electron chi connectivity index (χ0n) is 10.4. The molecule has 0 spiro atoms. The van der Waals surface area contributed by atoms with Crippen molar-refractivity contribution in [3.63, 3.8) is 0 Å². The van der Waals surface area contributed by atoms with Crippen LogP contribution in [0, 0.1) is 10.1 Å². The van der Waals surface area contributed by atoms with Gasteiger partial charge >= 0.3 is 0 Å². The number of guanidine groups is 1. The summed E-state index contributed by atoms with van der Waals surface area (Å²) in [6, 6.07) is 4.59. The van der Waals surface area contributed by atoms with E-state index in [0.717, 1.165) is 6.54 Å². The summed E-state index contributed by atoms with van der Waals surface area (Å²) in [5.41, 5.74) is 9.56. The molecule has 0 aliphatic carbocycles. The average molecular weight is 262 g/mol. The van der Waals surface area contributed by atoms with Crippen LogP contribution in [0.25, 0.3) is 0 Å². The van der Waals surface area contributed by atoms with Crippen molar-refractivity contribution in [2.24, 2.45) is 10.1 Å². The van der Waals surface area contributed by atoms with Crippen LogP contribution in [0.3, 0.4) is 0 Å². The van der Waals surface area contributed by atoms with E-state index in [2.05, 4.69) is 20.8 Å². The van der Waals surface area contributed by atoms with Crippen molar-refractivity contribution in [3.05, 3.63) is 33.9 Å². The van der Waals surface area contributed by atoms with Crippen molar-refractivity contribution in [1.29, 1.82) is 0 Å². The monoisotopic (exact) mass is 262 g/mol. The molecule has 0 aromatic heterocycles. The maximum atomic E-state index is 10.8. The molecule has 4 N–H and O–H groups in total. The Morgan fingerprint density at radius 1 is 1.63 bits per heavy atom. The Morgan fingerprint density at radius 3 is 3.05 bits per heavy atom. The minimum Gasteiger partial charge on any atom is -0.393 e. The number of aliphatic imine (C=N–C) groups is 1. The Bertz CT molecular complexity index is 566. The number of hydrogen-bond donors (Lipinski definition) is 3. The fraction of sp³-hybridized carbons (Fsp3) is 0.273. The second kappa shape index (κ2) is 5.34. The van der Waals surface area contributed by atoms with E-state index in [1.165, 1.54) is 12.1 Å². The van der Waals surface area contributed by atoms with Gasteiger partial charge in [-0.15, -0.1) is 0 Å². The number of nitro benzene ring substituents is 1. The number of nitrogen functional groups attached to an aromatic ring is 1. The van der Waals surface area contributed by atoms with Crippen molar-refractivity contribution in [2.45, 2.75) is 6.92 Å². The third-order valence-electron chi connectivity index (χ3n) is 2.65. The number of nitrogens with two attached hydrogens (primary N) is 1. The minimum absolute atomic E-state index is 0.122. The van der Waals surface area contributed by atoms with Gasteiger partial charge in [-0.3, -0.25) is 10.1 Å². The summed E-state index contributed by atoms with van der Waals surface area (Å²) in [5, 5.41) is 17.9. The normalized spacial score (nSPS) is 14.8. The van der Waals surface area contributed by atoms with Crippen molar-refractivity contribution >= 4 is 23.0 Å². The van der Waals surface area contributed by atoms with Gasteiger partial charge in [-0.1, -0.05) is 6.07 Å². The number of anilines is 1. The highest BCUT2D eigenvalue weighted by Crippen LogP contribution is 2.22. The van der Waals surface area contributed by atoms with Crippen molar-refractivity contribution in [3.8, 4) is 0 Å². The number of nitrogens with zero attached hydrogens (tertiary/aromatic N) is 3. The molecule has 0 saturated carbocycles. The molecule has 100 valence electrons. The lowest BCUT2D eigenvalue weighted by molar-refractivity contribution is -0.383. The molecule has 1 aromatic rings. The molecular formula is C11H14N6O2. The maximum absolute atomic E-state index is 10.8. The van der Waals surface area contributed by atoms with Gasteiger partial charge < -0.3 is 11.1 Å². The number of rotatable bonds is 3. The fourth-order valence-electron chi connectivity index (χ4n) is 1.60. The van der Waals surface area contributed by atoms with Gasteiger partial charge in [0.15, 0.2) is 0 Å². The van der Waals surface area contributed by atoms with Crippen LogP contribution in [-0.2, 0) is 0 Å². The zero-order valence-corrected chi connectivity index (χ0v) is 10.4. The van der Waals surface area contributed by atoms with E-state index in [1.807, 2.05) is 0 Å². The molecule has 2 rings (SSSR count). The van der Waals surface area contributed by atoms with Gasteiger partial charge in [0.2, 0.25) is 5.96 Å². The van der Waals surface area contributed by atoms with Crippen LogP contribution >= 0.6 is 0 Å². The second-order valence-electron chi connectivity index (χ2n) is 4.00. The van der Waals surface area contributed by atoms with E-state index < -0.39 is 4.92 Å². The molecule has 0 fully saturated rings. The molecule has 0 unspecified atom stereocenters. The van der Waals surface area contributed by atoms with Crippen LogP contribution < -0.4 is 16.5 Å². The Hall–Kier alpha value is -2.64. The summed E-state index contributed by atoms with van der Waals surface area (Å²) >= 11 is 0. The Balaban J connectivity index is 2.18. The maximum Gasteiger partial charge on any atom is 0.292 e. The topological polar surface area (TPSA) is 118 Å². The van der Waals surface area contributed by atoms with E-state index in [1.54, 1.807) is 13.0 Å². The molecule has 19 heavy (non-hydrogen) atoms. The lowest BCUT2D eigenvalue weighted by Crippen LogP contribution is -2.30. The molecule has 8 heteroatoms. The molecule has 0 atom stereocenters. The van der Waals surface area contributed by atoms with E-state index in [4.69, 9.17) is 5.73 Å². The molecule has 1 aromatic carbocycles. The van der Waals surface area contributed by atoms with Gasteiger partial charge in [0.05, 0.1) is 17.2 Å². The SMILES string of the molecule is C/C(=N\NC1=NCCN1)c1ccc(N)c([N+](=O)[O-])c1. The van der Waals surface area contributed by atoms with Crippen LogP contribution in [-0.4, -0.2) is 29.7 Å². The zero-order chi connectivity index (χ0) is 13.8. The molecule has 1 heterocycles. The highest BCUT2D eigenvalue weighted by Gasteiger charge is 2.13. The fourth-order valence-corrected chi connectivity index (χ4v) is 1.60. The first kappa shape index (κ1) is 12.8. The Kier molecular flexibility index (Phi) is 3.60. The van der Waals surface area contributed by atoms with Crippen LogP contribution in [0.5, 0.6) is 0 Å². The van der Waals surface area contributed by atoms with Crippen LogP contribution in [0.1, 0.15) is 12.5 Å². The van der Waals surface area contributed by atoms with Crippen molar-refractivity contribution in [1.82, 2.24) is 10.7 Å². The second-order valence-corrected chi connectivity index (χ2v) is 4.00. The first-order chi connectivity index (χ1) is 9.08. The average Bonchev–Trinajstić information content (AvgIpc) is 2.89. The number of benzene rings is 1. The molecule has 1 aliphatic rings. The number of hydrogen-bond acceptors (Lipinski definition) is 7. The van der Waals surface area contributed by atoms with E-state index in [9.17, 15) is 10.1 Å². The predicted octanol–water partition coefficient (Wildman–Crippen LogP) is 0.450. The quantitative estimate of drug-likeness (QED) is 0.316. The molecule has 0 bridgehead atoms. The van der Waals surface area contributed by atoms with Crippen LogP contribution in [0.15, 0.2) is 28.3 Å². The van der Waals surface area contributed by atoms with Crippen molar-refractivity contribution in [2.75, 3.05) is 18.8 Å². The highest BCUT2D eigenvalue weighted by atomic mass is 16.6. The van der Waals surface area contributed by atoms with Gasteiger partial charge in [0.1, 0.15) is 5.69 Å². The predicted molar refractivity (Wildman–Crippen MR) is 73.2 cm³/mol. The third kappa shape index (κ3) is 2.97. The minimum atomic E-state index is -0.512. The number of hydrazone groups is 1. The first-order valence-electron chi connectivity index (χ1n) is 5.71. The molecular weight excluding hydrogens is 248 g/mol. The molecule has 0 radical (unpaired) electrons. The summed E-state index contributed by atoms with van der Waals surface area (Å²) < 4.78 is 0. The summed E-state index contributed by atoms with van der Waals surface area (Å²) in [7, 11) is 0. The standard InChI is InChI=1S/C11H14N6O2/c1-7(15-16-11-13-4-5-14-11)8-2-3-9(12)10(6-8)17(18)19/h2-3,6H,4-5,12H2,1H3,(H2,13,14,16)/b15-7+.